The van der Waals surface area contributed by atoms with Crippen LogP contribution in [0.1, 0.15) is 21.7 Å². The van der Waals surface area contributed by atoms with Crippen LogP contribution in [0.25, 0.3) is 10.8 Å². The quantitative estimate of drug-likeness (QED) is 0.562. The molecule has 0 unspecified atom stereocenters. The number of nitrogens with zero attached hydrogens (tertiary/aromatic N) is 4. The van der Waals surface area contributed by atoms with Crippen LogP contribution in [-0.4, -0.2) is 33.0 Å². The van der Waals surface area contributed by atoms with Gasteiger partial charge in [-0.25, -0.2) is 14.1 Å². The van der Waals surface area contributed by atoms with Crippen LogP contribution in [-0.2, 0) is 6.54 Å². The van der Waals surface area contributed by atoms with Crippen LogP contribution in [0.4, 0.5) is 10.2 Å². The van der Waals surface area contributed by atoms with Crippen molar-refractivity contribution in [2.45, 2.75) is 13.5 Å². The van der Waals surface area contributed by atoms with Gasteiger partial charge in [0, 0.05) is 10.9 Å². The van der Waals surface area contributed by atoms with Gasteiger partial charge in [0.15, 0.2) is 5.82 Å². The second-order valence-corrected chi connectivity index (χ2v) is 6.46. The van der Waals surface area contributed by atoms with E-state index >= 15 is 0 Å². The van der Waals surface area contributed by atoms with E-state index in [1.54, 1.807) is 31.2 Å². The first-order chi connectivity index (χ1) is 14.1. The minimum Gasteiger partial charge on any atom is -0.481 e. The molecule has 7 nitrogen and oxygen atoms in total. The number of rotatable bonds is 5. The predicted octanol–water partition coefficient (Wildman–Crippen LogP) is 3.58. The highest BCUT2D eigenvalue weighted by atomic mass is 19.1. The Morgan fingerprint density at radius 3 is 2.72 bits per heavy atom. The first kappa shape index (κ1) is 18.5. The number of nitrogens with one attached hydrogen (secondary N) is 1. The number of carbonyl (C=O) groups excluding carboxylic acids is 1. The molecule has 29 heavy (non-hydrogen) atoms. The van der Waals surface area contributed by atoms with E-state index in [-0.39, 0.29) is 18.1 Å². The van der Waals surface area contributed by atoms with Crippen molar-refractivity contribution in [3.8, 4) is 5.88 Å². The van der Waals surface area contributed by atoms with E-state index in [9.17, 15) is 9.18 Å². The Bertz CT molecular complexity index is 1200. The lowest BCUT2D eigenvalue weighted by atomic mass is 10.1. The van der Waals surface area contributed by atoms with Crippen LogP contribution < -0.4 is 10.1 Å². The second kappa shape index (κ2) is 7.67. The maximum absolute atomic E-state index is 13.9. The molecule has 0 bridgehead atoms. The third kappa shape index (κ3) is 3.64. The van der Waals surface area contributed by atoms with E-state index in [1.807, 2.05) is 24.3 Å². The molecular formula is C21H18FN5O2. The Morgan fingerprint density at radius 2 is 1.93 bits per heavy atom. The zero-order valence-electron chi connectivity index (χ0n) is 15.9. The molecule has 1 amide bonds. The van der Waals surface area contributed by atoms with Crippen LogP contribution in [0.3, 0.4) is 0 Å². The summed E-state index contributed by atoms with van der Waals surface area (Å²) in [6, 6.07) is 15.7. The molecule has 0 saturated carbocycles. The van der Waals surface area contributed by atoms with Crippen molar-refractivity contribution in [3.63, 3.8) is 0 Å². The molecule has 2 aromatic carbocycles. The number of amides is 1. The summed E-state index contributed by atoms with van der Waals surface area (Å²) in [4.78, 5) is 17.0. The number of pyridine rings is 1. The number of anilines is 1. The third-order valence-electron chi connectivity index (χ3n) is 4.62. The Morgan fingerprint density at radius 1 is 1.17 bits per heavy atom. The van der Waals surface area contributed by atoms with Crippen LogP contribution >= 0.6 is 0 Å². The Balaban J connectivity index is 1.59. The molecule has 4 aromatic rings. The maximum Gasteiger partial charge on any atom is 0.275 e. The zero-order chi connectivity index (χ0) is 20.4. The topological polar surface area (TPSA) is 81.9 Å². The number of benzene rings is 2. The largest absolute Gasteiger partial charge is 0.481 e. The van der Waals surface area contributed by atoms with Gasteiger partial charge in [0.25, 0.3) is 5.91 Å². The fourth-order valence-corrected chi connectivity index (χ4v) is 3.02. The fraction of sp³-hybridized carbons (Fsp3) is 0.143. The van der Waals surface area contributed by atoms with Gasteiger partial charge in [-0.3, -0.25) is 4.79 Å². The minimum absolute atomic E-state index is 0.198. The summed E-state index contributed by atoms with van der Waals surface area (Å²) in [5.41, 5.74) is 1.29. The van der Waals surface area contributed by atoms with E-state index in [0.717, 1.165) is 10.8 Å². The molecule has 0 fully saturated rings. The lowest BCUT2D eigenvalue weighted by Gasteiger charge is -2.08. The van der Waals surface area contributed by atoms with Gasteiger partial charge in [-0.2, -0.15) is 0 Å². The van der Waals surface area contributed by atoms with Gasteiger partial charge in [-0.05, 0) is 30.5 Å². The van der Waals surface area contributed by atoms with Gasteiger partial charge in [-0.1, -0.05) is 41.6 Å². The normalized spacial score (nSPS) is 10.9. The average molecular weight is 391 g/mol. The van der Waals surface area contributed by atoms with Gasteiger partial charge in [0.1, 0.15) is 11.5 Å². The van der Waals surface area contributed by atoms with Crippen LogP contribution in [0.15, 0.2) is 54.6 Å². The predicted molar refractivity (Wildman–Crippen MR) is 107 cm³/mol. The minimum atomic E-state index is -0.435. The second-order valence-electron chi connectivity index (χ2n) is 6.46. The first-order valence-electron chi connectivity index (χ1n) is 8.95. The van der Waals surface area contributed by atoms with Crippen molar-refractivity contribution in [1.29, 1.82) is 0 Å². The summed E-state index contributed by atoms with van der Waals surface area (Å²) in [5, 5.41) is 12.4. The van der Waals surface area contributed by atoms with Gasteiger partial charge < -0.3 is 10.1 Å². The Hall–Kier alpha value is -3.81. The molecule has 146 valence electrons. The standard InChI is InChI=1S/C21H18FN5O2/c1-13-19(25-26-27(13)12-15-8-4-6-10-17(15)22)24-20(28)18-11-14-7-3-5-9-16(14)21(23-18)29-2/h3-11H,12H2,1-2H3,(H,24,28). The number of hydrogen-bond acceptors (Lipinski definition) is 5. The number of fused-ring (bicyclic) bond motifs is 1. The van der Waals surface area contributed by atoms with E-state index in [2.05, 4.69) is 20.6 Å². The third-order valence-corrected chi connectivity index (χ3v) is 4.62. The first-order valence-corrected chi connectivity index (χ1v) is 8.95. The molecule has 2 heterocycles. The lowest BCUT2D eigenvalue weighted by molar-refractivity contribution is 0.102. The van der Waals surface area contributed by atoms with E-state index in [1.165, 1.54) is 17.9 Å². The molecule has 0 spiro atoms. The molecule has 0 atom stereocenters. The molecule has 4 rings (SSSR count). The summed E-state index contributed by atoms with van der Waals surface area (Å²) in [5.74, 6) is -0.0935. The smallest absolute Gasteiger partial charge is 0.275 e. The Labute approximate surface area is 166 Å². The van der Waals surface area contributed by atoms with Crippen molar-refractivity contribution in [2.75, 3.05) is 12.4 Å². The van der Waals surface area contributed by atoms with Crippen molar-refractivity contribution >= 4 is 22.5 Å². The van der Waals surface area contributed by atoms with E-state index in [4.69, 9.17) is 4.74 Å². The zero-order valence-corrected chi connectivity index (χ0v) is 15.9. The van der Waals surface area contributed by atoms with Gasteiger partial charge >= 0.3 is 0 Å². The molecule has 0 radical (unpaired) electrons. The molecule has 2 aromatic heterocycles. The van der Waals surface area contributed by atoms with Crippen molar-refractivity contribution in [1.82, 2.24) is 20.0 Å². The number of hydrogen-bond donors (Lipinski definition) is 1. The molecule has 8 heteroatoms. The monoisotopic (exact) mass is 391 g/mol. The van der Waals surface area contributed by atoms with Crippen LogP contribution in [0.5, 0.6) is 5.88 Å². The number of carbonyl (C=O) groups is 1. The lowest BCUT2D eigenvalue weighted by Crippen LogP contribution is -2.15. The Kier molecular flexibility index (Phi) is 4.90. The molecule has 0 aliphatic rings. The molecular weight excluding hydrogens is 373 g/mol. The number of ether oxygens (including phenoxy) is 1. The van der Waals surface area contributed by atoms with Crippen LogP contribution in [0.2, 0.25) is 0 Å². The summed E-state index contributed by atoms with van der Waals surface area (Å²) >= 11 is 0. The van der Waals surface area contributed by atoms with Crippen molar-refractivity contribution < 1.29 is 13.9 Å². The molecule has 1 N–H and O–H groups in total. The van der Waals surface area contributed by atoms with Crippen molar-refractivity contribution in [2.24, 2.45) is 0 Å². The van der Waals surface area contributed by atoms with E-state index in [0.29, 0.717) is 23.0 Å². The summed E-state index contributed by atoms with van der Waals surface area (Å²) in [6.07, 6.45) is 0. The maximum atomic E-state index is 13.9. The fourth-order valence-electron chi connectivity index (χ4n) is 3.02. The number of aromatic nitrogens is 4. The highest BCUT2D eigenvalue weighted by Gasteiger charge is 2.17. The molecule has 0 aliphatic carbocycles. The van der Waals surface area contributed by atoms with Crippen molar-refractivity contribution in [3.05, 3.63) is 77.4 Å². The van der Waals surface area contributed by atoms with Gasteiger partial charge in [0.2, 0.25) is 5.88 Å². The molecule has 0 aliphatic heterocycles. The SMILES string of the molecule is COc1nc(C(=O)Nc2nnn(Cc3ccccc3F)c2C)cc2ccccc12. The highest BCUT2D eigenvalue weighted by Crippen LogP contribution is 2.24. The number of halogens is 1. The summed E-state index contributed by atoms with van der Waals surface area (Å²) in [7, 11) is 1.51. The van der Waals surface area contributed by atoms with Gasteiger partial charge in [-0.15, -0.1) is 5.10 Å². The molecule has 0 saturated heterocycles. The summed E-state index contributed by atoms with van der Waals surface area (Å²) < 4.78 is 20.7. The van der Waals surface area contributed by atoms with Crippen LogP contribution in [0, 0.1) is 12.7 Å². The average Bonchev–Trinajstić information content (AvgIpc) is 3.08. The van der Waals surface area contributed by atoms with Gasteiger partial charge in [0.05, 0.1) is 19.3 Å². The summed E-state index contributed by atoms with van der Waals surface area (Å²) in [6.45, 7) is 1.97. The highest BCUT2D eigenvalue weighted by molar-refractivity contribution is 6.05. The number of methoxy groups -OCH3 is 1. The van der Waals surface area contributed by atoms with E-state index < -0.39 is 5.91 Å².